The standard InChI is InChI=1S/C16H22N6O2/c1-6-8-9-20-14(23)12-13(19(5)16(20)24)17-15-21(7-2)18-10(3)11(4)22(12)15/h6,8,11H,7,9H2,1-5H3/b8-6+/t11-/m1/s1. The molecule has 24 heavy (non-hydrogen) atoms. The van der Waals surface area contributed by atoms with Gasteiger partial charge >= 0.3 is 5.69 Å². The van der Waals surface area contributed by atoms with E-state index in [1.807, 2.05) is 38.3 Å². The van der Waals surface area contributed by atoms with Crippen molar-refractivity contribution in [2.45, 2.75) is 40.3 Å². The molecule has 0 N–H and O–H groups in total. The smallest absolute Gasteiger partial charge is 0.294 e. The third-order valence-electron chi connectivity index (χ3n) is 4.48. The van der Waals surface area contributed by atoms with E-state index in [9.17, 15) is 9.59 Å². The Morgan fingerprint density at radius 2 is 2.00 bits per heavy atom. The van der Waals surface area contributed by atoms with Gasteiger partial charge in [-0.05, 0) is 27.7 Å². The van der Waals surface area contributed by atoms with Crippen molar-refractivity contribution in [2.75, 3.05) is 11.6 Å². The Kier molecular flexibility index (Phi) is 3.90. The van der Waals surface area contributed by atoms with Crippen LogP contribution in [0.1, 0.15) is 33.7 Å². The predicted molar refractivity (Wildman–Crippen MR) is 94.9 cm³/mol. The van der Waals surface area contributed by atoms with Crippen LogP contribution in [-0.2, 0) is 13.6 Å². The highest BCUT2D eigenvalue weighted by Gasteiger charge is 2.29. The van der Waals surface area contributed by atoms with E-state index in [4.69, 9.17) is 0 Å². The number of hydrogen-bond donors (Lipinski definition) is 0. The maximum absolute atomic E-state index is 13.0. The Balaban J connectivity index is 2.42. The summed E-state index contributed by atoms with van der Waals surface area (Å²) in [6, 6.07) is -0.0897. The van der Waals surface area contributed by atoms with Gasteiger partial charge < -0.3 is 0 Å². The molecule has 8 heteroatoms. The second kappa shape index (κ2) is 5.77. The Bertz CT molecular complexity index is 975. The molecule has 2 aromatic rings. The van der Waals surface area contributed by atoms with E-state index < -0.39 is 0 Å². The molecule has 0 aliphatic carbocycles. The lowest BCUT2D eigenvalue weighted by molar-refractivity contribution is 0.634. The Morgan fingerprint density at radius 3 is 2.62 bits per heavy atom. The summed E-state index contributed by atoms with van der Waals surface area (Å²) in [5.41, 5.74) is 1.05. The van der Waals surface area contributed by atoms with E-state index in [1.165, 1.54) is 9.13 Å². The zero-order chi connectivity index (χ0) is 17.6. The first-order valence-corrected chi connectivity index (χ1v) is 8.07. The average molecular weight is 330 g/mol. The number of fused-ring (bicyclic) bond motifs is 3. The lowest BCUT2D eigenvalue weighted by atomic mass is 10.2. The lowest BCUT2D eigenvalue weighted by Crippen LogP contribution is -2.40. The van der Waals surface area contributed by atoms with Gasteiger partial charge in [-0.3, -0.25) is 18.5 Å². The van der Waals surface area contributed by atoms with Crippen LogP contribution in [0.25, 0.3) is 11.2 Å². The van der Waals surface area contributed by atoms with Crippen LogP contribution in [0.3, 0.4) is 0 Å². The number of hydrogen-bond acceptors (Lipinski definition) is 5. The van der Waals surface area contributed by atoms with Crippen LogP contribution in [0.4, 0.5) is 5.95 Å². The third kappa shape index (κ3) is 2.13. The van der Waals surface area contributed by atoms with Gasteiger partial charge in [0.1, 0.15) is 0 Å². The Labute approximate surface area is 139 Å². The predicted octanol–water partition coefficient (Wildman–Crippen LogP) is 1.25. The van der Waals surface area contributed by atoms with Gasteiger partial charge in [-0.1, -0.05) is 12.2 Å². The molecule has 0 fully saturated rings. The number of aryl methyl sites for hydroxylation is 1. The van der Waals surface area contributed by atoms with Gasteiger partial charge in [0.2, 0.25) is 5.95 Å². The van der Waals surface area contributed by atoms with Crippen molar-refractivity contribution in [1.29, 1.82) is 0 Å². The van der Waals surface area contributed by atoms with E-state index in [-0.39, 0.29) is 23.8 Å². The normalized spacial score (nSPS) is 17.6. The van der Waals surface area contributed by atoms with Crippen molar-refractivity contribution in [3.8, 4) is 0 Å². The Morgan fingerprint density at radius 1 is 1.29 bits per heavy atom. The molecule has 8 nitrogen and oxygen atoms in total. The molecule has 0 saturated heterocycles. The molecule has 0 bridgehead atoms. The number of aromatic nitrogens is 4. The fraction of sp³-hybridized carbons (Fsp3) is 0.500. The van der Waals surface area contributed by atoms with Crippen LogP contribution < -0.4 is 16.3 Å². The maximum Gasteiger partial charge on any atom is 0.332 e. The summed E-state index contributed by atoms with van der Waals surface area (Å²) in [4.78, 5) is 30.1. The van der Waals surface area contributed by atoms with Crippen LogP contribution in [0.2, 0.25) is 0 Å². The number of hydrazone groups is 1. The number of allylic oxidation sites excluding steroid dienone is 2. The maximum atomic E-state index is 13.0. The molecule has 1 atom stereocenters. The van der Waals surface area contributed by atoms with E-state index in [0.29, 0.717) is 23.7 Å². The van der Waals surface area contributed by atoms with Gasteiger partial charge in [0.05, 0.1) is 11.8 Å². The summed E-state index contributed by atoms with van der Waals surface area (Å²) in [6.07, 6.45) is 3.61. The minimum atomic E-state index is -0.366. The van der Waals surface area contributed by atoms with Gasteiger partial charge in [0, 0.05) is 20.1 Å². The minimum Gasteiger partial charge on any atom is -0.294 e. The molecular weight excluding hydrogens is 308 g/mol. The molecule has 128 valence electrons. The van der Waals surface area contributed by atoms with Gasteiger partial charge in [-0.2, -0.15) is 10.1 Å². The first kappa shape index (κ1) is 16.2. The molecule has 0 spiro atoms. The summed E-state index contributed by atoms with van der Waals surface area (Å²) in [6.45, 7) is 8.63. The van der Waals surface area contributed by atoms with Crippen molar-refractivity contribution in [3.63, 3.8) is 0 Å². The summed E-state index contributed by atoms with van der Waals surface area (Å²) >= 11 is 0. The number of rotatable bonds is 3. The number of anilines is 1. The highest BCUT2D eigenvalue weighted by atomic mass is 16.2. The molecule has 2 aromatic heterocycles. The molecular formula is C16H22N6O2. The fourth-order valence-corrected chi connectivity index (χ4v) is 2.97. The Hall–Kier alpha value is -2.64. The molecule has 3 heterocycles. The molecule has 0 amide bonds. The van der Waals surface area contributed by atoms with Crippen molar-refractivity contribution >= 4 is 22.8 Å². The van der Waals surface area contributed by atoms with Gasteiger partial charge in [0.15, 0.2) is 11.2 Å². The van der Waals surface area contributed by atoms with E-state index in [0.717, 1.165) is 5.71 Å². The van der Waals surface area contributed by atoms with Gasteiger partial charge in [-0.25, -0.2) is 9.80 Å². The van der Waals surface area contributed by atoms with E-state index in [2.05, 4.69) is 10.1 Å². The molecule has 0 aromatic carbocycles. The van der Waals surface area contributed by atoms with Crippen molar-refractivity contribution in [3.05, 3.63) is 33.0 Å². The lowest BCUT2D eigenvalue weighted by Gasteiger charge is -2.28. The molecule has 3 rings (SSSR count). The first-order valence-electron chi connectivity index (χ1n) is 8.07. The van der Waals surface area contributed by atoms with Crippen molar-refractivity contribution in [2.24, 2.45) is 12.1 Å². The summed E-state index contributed by atoms with van der Waals surface area (Å²) in [5.74, 6) is 0.599. The van der Waals surface area contributed by atoms with Crippen LogP contribution in [0.15, 0.2) is 26.8 Å². The van der Waals surface area contributed by atoms with Crippen LogP contribution >= 0.6 is 0 Å². The SMILES string of the molecule is C/C=C/Cn1c(=O)c2c(nc3n2[C@H](C)C(C)=NN3CC)n(C)c1=O. The van der Waals surface area contributed by atoms with E-state index >= 15 is 0 Å². The van der Waals surface area contributed by atoms with Gasteiger partial charge in [0.25, 0.3) is 5.56 Å². The van der Waals surface area contributed by atoms with Crippen LogP contribution in [0, 0.1) is 0 Å². The summed E-state index contributed by atoms with van der Waals surface area (Å²) < 4.78 is 4.55. The molecule has 0 radical (unpaired) electrons. The molecule has 1 aliphatic heterocycles. The molecule has 0 unspecified atom stereocenters. The second-order valence-electron chi connectivity index (χ2n) is 5.91. The van der Waals surface area contributed by atoms with Crippen molar-refractivity contribution in [1.82, 2.24) is 18.7 Å². The quantitative estimate of drug-likeness (QED) is 0.794. The molecule has 1 aliphatic rings. The minimum absolute atomic E-state index is 0.0897. The van der Waals surface area contributed by atoms with Crippen LogP contribution in [-0.4, -0.2) is 30.9 Å². The highest BCUT2D eigenvalue weighted by Crippen LogP contribution is 2.29. The number of nitrogens with zero attached hydrogens (tertiary/aromatic N) is 6. The zero-order valence-corrected chi connectivity index (χ0v) is 14.6. The summed E-state index contributed by atoms with van der Waals surface area (Å²) in [5, 5.41) is 6.29. The second-order valence-corrected chi connectivity index (χ2v) is 5.91. The third-order valence-corrected chi connectivity index (χ3v) is 4.48. The first-order chi connectivity index (χ1) is 11.4. The fourth-order valence-electron chi connectivity index (χ4n) is 2.97. The highest BCUT2D eigenvalue weighted by molar-refractivity contribution is 5.90. The van der Waals surface area contributed by atoms with E-state index in [1.54, 1.807) is 18.1 Å². The van der Waals surface area contributed by atoms with Crippen LogP contribution in [0.5, 0.6) is 0 Å². The van der Waals surface area contributed by atoms with Gasteiger partial charge in [-0.15, -0.1) is 0 Å². The average Bonchev–Trinajstić information content (AvgIpc) is 2.97. The van der Waals surface area contributed by atoms with Crippen molar-refractivity contribution < 1.29 is 0 Å². The largest absolute Gasteiger partial charge is 0.332 e. The molecule has 0 saturated carbocycles. The summed E-state index contributed by atoms with van der Waals surface area (Å²) in [7, 11) is 1.64. The topological polar surface area (TPSA) is 77.4 Å². The zero-order valence-electron chi connectivity index (χ0n) is 14.6. The monoisotopic (exact) mass is 330 g/mol. The number of imidazole rings is 1.